The van der Waals surface area contributed by atoms with Crippen molar-refractivity contribution in [3.63, 3.8) is 0 Å². The molecule has 0 aliphatic carbocycles. The van der Waals surface area contributed by atoms with Crippen LogP contribution in [0.3, 0.4) is 0 Å². The number of aryl methyl sites for hydroxylation is 1. The van der Waals surface area contributed by atoms with E-state index in [2.05, 4.69) is 35.1 Å². The summed E-state index contributed by atoms with van der Waals surface area (Å²) in [5.41, 5.74) is 2.88. The van der Waals surface area contributed by atoms with Crippen molar-refractivity contribution in [2.45, 2.75) is 26.7 Å². The molecule has 0 aliphatic heterocycles. The number of ether oxygens (including phenoxy) is 1. The highest BCUT2D eigenvalue weighted by Gasteiger charge is 2.11. The van der Waals surface area contributed by atoms with Gasteiger partial charge in [0, 0.05) is 21.6 Å². The van der Waals surface area contributed by atoms with Gasteiger partial charge in [0.05, 0.1) is 7.11 Å². The van der Waals surface area contributed by atoms with Crippen LogP contribution < -0.4 is 10.1 Å². The summed E-state index contributed by atoms with van der Waals surface area (Å²) in [5.74, 6) is 1.21. The van der Waals surface area contributed by atoms with Gasteiger partial charge in [-0.2, -0.15) is 0 Å². The van der Waals surface area contributed by atoms with Crippen LogP contribution in [0.1, 0.15) is 30.9 Å². The first-order valence-electron chi connectivity index (χ1n) is 5.10. The van der Waals surface area contributed by atoms with Gasteiger partial charge in [-0.25, -0.2) is 0 Å². The lowest BCUT2D eigenvalue weighted by molar-refractivity contribution is 0.270. The molecule has 1 aromatic rings. The van der Waals surface area contributed by atoms with Crippen molar-refractivity contribution in [1.29, 1.82) is 0 Å². The van der Waals surface area contributed by atoms with Crippen LogP contribution in [-0.2, 0) is 0 Å². The molecular formula is C12H16BrNO2. The highest BCUT2D eigenvalue weighted by molar-refractivity contribution is 9.18. The Labute approximate surface area is 104 Å². The van der Waals surface area contributed by atoms with Gasteiger partial charge >= 0.3 is 0 Å². The predicted octanol–water partition coefficient (Wildman–Crippen LogP) is 4.05. The molecule has 1 N–H and O–H groups in total. The maximum Gasteiger partial charge on any atom is 0.291 e. The van der Waals surface area contributed by atoms with Crippen molar-refractivity contribution in [3.05, 3.63) is 23.3 Å². The van der Waals surface area contributed by atoms with Gasteiger partial charge in [-0.1, -0.05) is 13.8 Å². The maximum absolute atomic E-state index is 11.0. The summed E-state index contributed by atoms with van der Waals surface area (Å²) in [6.45, 7) is 6.12. The highest BCUT2D eigenvalue weighted by Crippen LogP contribution is 2.32. The molecule has 0 spiro atoms. The van der Waals surface area contributed by atoms with Crippen LogP contribution in [0.15, 0.2) is 12.1 Å². The average molecular weight is 286 g/mol. The zero-order valence-corrected chi connectivity index (χ0v) is 11.5. The van der Waals surface area contributed by atoms with E-state index >= 15 is 0 Å². The molecule has 88 valence electrons. The third-order valence-electron chi connectivity index (χ3n) is 2.43. The van der Waals surface area contributed by atoms with Crippen molar-refractivity contribution < 1.29 is 9.53 Å². The molecule has 0 fully saturated rings. The fourth-order valence-electron chi connectivity index (χ4n) is 1.57. The van der Waals surface area contributed by atoms with Crippen molar-refractivity contribution in [1.82, 2.24) is 0 Å². The standard InChI is InChI=1S/C12H16BrNO2/c1-7(2)9-6-10(14-12(13)15)8(3)5-11(9)16-4/h5-7H,1-4H3,(H,14,15). The Hall–Kier alpha value is -1.03. The van der Waals surface area contributed by atoms with Gasteiger partial charge in [0.1, 0.15) is 5.75 Å². The van der Waals surface area contributed by atoms with E-state index in [1.165, 1.54) is 0 Å². The first-order valence-corrected chi connectivity index (χ1v) is 5.90. The Bertz CT molecular complexity index is 402. The first kappa shape index (κ1) is 13.0. The number of hydrogen-bond donors (Lipinski definition) is 1. The summed E-state index contributed by atoms with van der Waals surface area (Å²) in [6, 6.07) is 3.89. The molecule has 1 aromatic carbocycles. The minimum absolute atomic E-state index is 0.240. The quantitative estimate of drug-likeness (QED) is 0.672. The van der Waals surface area contributed by atoms with Crippen molar-refractivity contribution >= 4 is 26.4 Å². The monoisotopic (exact) mass is 285 g/mol. The van der Waals surface area contributed by atoms with Gasteiger partial charge < -0.3 is 10.1 Å². The molecule has 0 atom stereocenters. The van der Waals surface area contributed by atoms with E-state index in [1.807, 2.05) is 19.1 Å². The van der Waals surface area contributed by atoms with Crippen LogP contribution >= 0.6 is 15.9 Å². The molecule has 1 rings (SSSR count). The van der Waals surface area contributed by atoms with Gasteiger partial charge in [-0.15, -0.1) is 0 Å². The summed E-state index contributed by atoms with van der Waals surface area (Å²) in [5, 5.41) is 2.74. The third-order valence-corrected chi connectivity index (χ3v) is 2.63. The van der Waals surface area contributed by atoms with Crippen LogP contribution in [-0.4, -0.2) is 11.9 Å². The van der Waals surface area contributed by atoms with E-state index in [1.54, 1.807) is 7.11 Å². The number of rotatable bonds is 3. The fourth-order valence-corrected chi connectivity index (χ4v) is 1.78. The molecule has 0 unspecified atom stereocenters. The average Bonchev–Trinajstić information content (AvgIpc) is 2.19. The predicted molar refractivity (Wildman–Crippen MR) is 69.8 cm³/mol. The van der Waals surface area contributed by atoms with Crippen molar-refractivity contribution in [3.8, 4) is 5.75 Å². The van der Waals surface area contributed by atoms with E-state index in [9.17, 15) is 4.79 Å². The van der Waals surface area contributed by atoms with E-state index in [4.69, 9.17) is 4.74 Å². The number of carbonyl (C=O) groups is 1. The second-order valence-corrected chi connectivity index (χ2v) is 4.68. The molecule has 0 aliphatic rings. The van der Waals surface area contributed by atoms with E-state index in [-0.39, 0.29) is 4.82 Å². The summed E-state index contributed by atoms with van der Waals surface area (Å²) in [6.07, 6.45) is 0. The number of carbonyl (C=O) groups excluding carboxylic acids is 1. The number of halogens is 1. The molecule has 1 amide bonds. The normalized spacial score (nSPS) is 10.4. The zero-order valence-electron chi connectivity index (χ0n) is 9.93. The van der Waals surface area contributed by atoms with Crippen LogP contribution in [0.25, 0.3) is 0 Å². The van der Waals surface area contributed by atoms with Gasteiger partial charge in [-0.3, -0.25) is 4.79 Å². The van der Waals surface area contributed by atoms with Crippen LogP contribution in [0.5, 0.6) is 5.75 Å². The van der Waals surface area contributed by atoms with Crippen LogP contribution in [0.4, 0.5) is 10.5 Å². The van der Waals surface area contributed by atoms with Gasteiger partial charge in [-0.05, 0) is 36.1 Å². The second-order valence-electron chi connectivity index (χ2n) is 3.96. The lowest BCUT2D eigenvalue weighted by Crippen LogP contribution is -2.04. The Morgan fingerprint density at radius 2 is 2.06 bits per heavy atom. The molecule has 0 heterocycles. The summed E-state index contributed by atoms with van der Waals surface area (Å²) in [4.78, 5) is 10.7. The fraction of sp³-hybridized carbons (Fsp3) is 0.417. The molecule has 0 saturated heterocycles. The smallest absolute Gasteiger partial charge is 0.291 e. The molecule has 16 heavy (non-hydrogen) atoms. The SMILES string of the molecule is COc1cc(C)c(NC(=O)Br)cc1C(C)C. The summed E-state index contributed by atoms with van der Waals surface area (Å²) >= 11 is 2.86. The topological polar surface area (TPSA) is 38.3 Å². The zero-order chi connectivity index (χ0) is 12.3. The molecule has 0 radical (unpaired) electrons. The molecule has 0 aromatic heterocycles. The van der Waals surface area contributed by atoms with Crippen molar-refractivity contribution in [2.24, 2.45) is 0 Å². The van der Waals surface area contributed by atoms with Crippen LogP contribution in [0, 0.1) is 6.92 Å². The second kappa shape index (κ2) is 5.34. The minimum atomic E-state index is -0.240. The first-order chi connectivity index (χ1) is 7.45. The number of amides is 1. The van der Waals surface area contributed by atoms with E-state index in [0.29, 0.717) is 5.92 Å². The summed E-state index contributed by atoms with van der Waals surface area (Å²) in [7, 11) is 1.66. The van der Waals surface area contributed by atoms with Gasteiger partial charge in [0.15, 0.2) is 0 Å². The third kappa shape index (κ3) is 2.98. The molecular weight excluding hydrogens is 270 g/mol. The van der Waals surface area contributed by atoms with E-state index < -0.39 is 0 Å². The number of hydrogen-bond acceptors (Lipinski definition) is 2. The number of anilines is 1. The van der Waals surface area contributed by atoms with E-state index in [0.717, 1.165) is 22.6 Å². The van der Waals surface area contributed by atoms with Crippen molar-refractivity contribution in [2.75, 3.05) is 12.4 Å². The lowest BCUT2D eigenvalue weighted by Gasteiger charge is -2.15. The minimum Gasteiger partial charge on any atom is -0.496 e. The molecule has 3 nitrogen and oxygen atoms in total. The lowest BCUT2D eigenvalue weighted by atomic mass is 9.99. The van der Waals surface area contributed by atoms with Crippen LogP contribution in [0.2, 0.25) is 0 Å². The van der Waals surface area contributed by atoms with Gasteiger partial charge in [0.25, 0.3) is 4.82 Å². The molecule has 4 heteroatoms. The number of benzene rings is 1. The molecule has 0 bridgehead atoms. The Balaban J connectivity index is 3.21. The van der Waals surface area contributed by atoms with Gasteiger partial charge in [0.2, 0.25) is 0 Å². The Morgan fingerprint density at radius 3 is 2.50 bits per heavy atom. The molecule has 0 saturated carbocycles. The highest BCUT2D eigenvalue weighted by atomic mass is 79.9. The number of nitrogens with one attached hydrogen (secondary N) is 1. The maximum atomic E-state index is 11.0. The largest absolute Gasteiger partial charge is 0.496 e. The Morgan fingerprint density at radius 1 is 1.44 bits per heavy atom. The Kier molecular flexibility index (Phi) is 4.35. The number of methoxy groups -OCH3 is 1. The summed E-state index contributed by atoms with van der Waals surface area (Å²) < 4.78 is 5.32.